The molecule has 4 saturated carbocycles. The van der Waals surface area contributed by atoms with E-state index < -0.39 is 18.1 Å². The Kier molecular flexibility index (Phi) is 7.54. The number of likely N-dealkylation sites (tertiary alicyclic amines) is 1. The highest BCUT2D eigenvalue weighted by Crippen LogP contribution is 2.53. The van der Waals surface area contributed by atoms with Crippen LogP contribution < -0.4 is 15.4 Å². The number of nitrogens with one attached hydrogen (secondary N) is 2. The van der Waals surface area contributed by atoms with Crippen LogP contribution in [0.2, 0.25) is 0 Å². The molecule has 6 rings (SSSR count). The second kappa shape index (κ2) is 10.8. The molecule has 5 fully saturated rings. The van der Waals surface area contributed by atoms with E-state index in [2.05, 4.69) is 10.6 Å². The van der Waals surface area contributed by atoms with Crippen LogP contribution in [-0.2, 0) is 25.6 Å². The first-order valence-electron chi connectivity index (χ1n) is 13.9. The number of esters is 1. The Bertz CT molecular complexity index is 1010. The van der Waals surface area contributed by atoms with Gasteiger partial charge in [-0.15, -0.1) is 0 Å². The highest BCUT2D eigenvalue weighted by Gasteiger charge is 2.49. The third-order valence-electron chi connectivity index (χ3n) is 8.92. The van der Waals surface area contributed by atoms with Crippen molar-refractivity contribution in [1.82, 2.24) is 15.5 Å². The van der Waals surface area contributed by atoms with E-state index >= 15 is 0 Å². The summed E-state index contributed by atoms with van der Waals surface area (Å²) in [4.78, 5) is 52.3. The van der Waals surface area contributed by atoms with Gasteiger partial charge < -0.3 is 20.3 Å². The van der Waals surface area contributed by atoms with Crippen molar-refractivity contribution in [1.29, 1.82) is 0 Å². The van der Waals surface area contributed by atoms with E-state index in [1.807, 2.05) is 0 Å². The SMILES string of the molecule is CC(=O)N[C@@H](Cc1ccc(OC(C)=O)cc1)C(=O)N1CCCC[C@@H]1C(=O)NC1C2CC3CC(C2)CC1C3. The van der Waals surface area contributed by atoms with Crippen LogP contribution in [0.3, 0.4) is 0 Å². The fourth-order valence-corrected chi connectivity index (χ4v) is 7.63. The van der Waals surface area contributed by atoms with Gasteiger partial charge in [-0.2, -0.15) is 0 Å². The van der Waals surface area contributed by atoms with Gasteiger partial charge in [-0.25, -0.2) is 0 Å². The third kappa shape index (κ3) is 5.83. The molecule has 0 spiro atoms. The zero-order chi connectivity index (χ0) is 26.1. The van der Waals surface area contributed by atoms with E-state index in [4.69, 9.17) is 4.74 Å². The van der Waals surface area contributed by atoms with E-state index in [0.717, 1.165) is 30.2 Å². The molecule has 0 aromatic heterocycles. The third-order valence-corrected chi connectivity index (χ3v) is 8.92. The van der Waals surface area contributed by atoms with Crippen LogP contribution in [0.5, 0.6) is 5.75 Å². The van der Waals surface area contributed by atoms with Crippen molar-refractivity contribution < 1.29 is 23.9 Å². The second-order valence-electron chi connectivity index (χ2n) is 11.7. The van der Waals surface area contributed by atoms with Crippen molar-refractivity contribution in [3.63, 3.8) is 0 Å². The van der Waals surface area contributed by atoms with Crippen LogP contribution >= 0.6 is 0 Å². The average Bonchev–Trinajstić information content (AvgIpc) is 2.85. The van der Waals surface area contributed by atoms with Crippen LogP contribution in [0.25, 0.3) is 0 Å². The predicted octanol–water partition coefficient (Wildman–Crippen LogP) is 2.98. The van der Waals surface area contributed by atoms with Crippen molar-refractivity contribution in [2.45, 2.75) is 89.8 Å². The molecule has 1 aromatic carbocycles. The molecule has 4 aliphatic carbocycles. The molecular formula is C29H39N3O5. The van der Waals surface area contributed by atoms with E-state index in [1.165, 1.54) is 46.0 Å². The Morgan fingerprint density at radius 2 is 1.59 bits per heavy atom. The Labute approximate surface area is 218 Å². The van der Waals surface area contributed by atoms with Gasteiger partial charge in [-0.3, -0.25) is 19.2 Å². The van der Waals surface area contributed by atoms with E-state index in [9.17, 15) is 19.2 Å². The van der Waals surface area contributed by atoms with Gasteiger partial charge in [0, 0.05) is 32.9 Å². The molecule has 2 N–H and O–H groups in total. The van der Waals surface area contributed by atoms with E-state index in [1.54, 1.807) is 29.2 Å². The molecule has 2 atom stereocenters. The number of benzene rings is 1. The normalized spacial score (nSPS) is 30.9. The van der Waals surface area contributed by atoms with Crippen molar-refractivity contribution in [2.75, 3.05) is 6.54 Å². The number of hydrogen-bond acceptors (Lipinski definition) is 5. The van der Waals surface area contributed by atoms with Gasteiger partial charge in [0.05, 0.1) is 0 Å². The van der Waals surface area contributed by atoms with Gasteiger partial charge in [-0.1, -0.05) is 12.1 Å². The fourth-order valence-electron chi connectivity index (χ4n) is 7.63. The molecular weight excluding hydrogens is 470 g/mol. The zero-order valence-corrected chi connectivity index (χ0v) is 21.9. The molecule has 1 aromatic rings. The van der Waals surface area contributed by atoms with Gasteiger partial charge in [0.1, 0.15) is 17.8 Å². The molecule has 1 saturated heterocycles. The first kappa shape index (κ1) is 25.7. The van der Waals surface area contributed by atoms with Crippen LogP contribution in [-0.4, -0.2) is 53.3 Å². The summed E-state index contributed by atoms with van der Waals surface area (Å²) >= 11 is 0. The summed E-state index contributed by atoms with van der Waals surface area (Å²) in [6.45, 7) is 3.25. The Morgan fingerprint density at radius 1 is 0.946 bits per heavy atom. The average molecular weight is 510 g/mol. The zero-order valence-electron chi connectivity index (χ0n) is 21.9. The molecule has 5 aliphatic rings. The number of amides is 3. The van der Waals surface area contributed by atoms with E-state index in [0.29, 0.717) is 37.0 Å². The lowest BCUT2D eigenvalue weighted by Gasteiger charge is -2.54. The standard InChI is InChI=1S/C29H39N3O5/c1-17(33)30-25(16-19-6-8-24(9-7-19)37-18(2)34)29(36)32-10-4-3-5-26(32)28(35)31-27-22-12-20-11-21(14-22)15-23(27)13-20/h6-9,20-23,25-27H,3-5,10-16H2,1-2H3,(H,30,33)(H,31,35)/t20?,21?,22?,23?,25-,26+,27?/m0/s1. The molecule has 0 radical (unpaired) electrons. The highest BCUT2D eigenvalue weighted by atomic mass is 16.5. The summed E-state index contributed by atoms with van der Waals surface area (Å²) in [5.74, 6) is 2.32. The Balaban J connectivity index is 1.27. The Hall–Kier alpha value is -2.90. The number of hydrogen-bond donors (Lipinski definition) is 2. The molecule has 1 aliphatic heterocycles. The van der Waals surface area contributed by atoms with Gasteiger partial charge in [0.2, 0.25) is 17.7 Å². The number of rotatable bonds is 7. The number of piperidine rings is 1. The monoisotopic (exact) mass is 509 g/mol. The van der Waals surface area contributed by atoms with Crippen molar-refractivity contribution >= 4 is 23.7 Å². The van der Waals surface area contributed by atoms with Crippen LogP contribution in [0.4, 0.5) is 0 Å². The highest BCUT2D eigenvalue weighted by molar-refractivity contribution is 5.92. The minimum absolute atomic E-state index is 0.0298. The maximum absolute atomic E-state index is 13.8. The van der Waals surface area contributed by atoms with Gasteiger partial charge in [0.15, 0.2) is 0 Å². The number of nitrogens with zero attached hydrogens (tertiary/aromatic N) is 1. The minimum atomic E-state index is -0.772. The Morgan fingerprint density at radius 3 is 2.19 bits per heavy atom. The van der Waals surface area contributed by atoms with Gasteiger partial charge in [-0.05, 0) is 92.7 Å². The molecule has 8 nitrogen and oxygen atoms in total. The van der Waals surface area contributed by atoms with Crippen LogP contribution in [0, 0.1) is 23.7 Å². The lowest BCUT2D eigenvalue weighted by atomic mass is 9.54. The van der Waals surface area contributed by atoms with Crippen molar-refractivity contribution in [3.8, 4) is 5.75 Å². The lowest BCUT2D eigenvalue weighted by Crippen LogP contribution is -2.62. The number of carbonyl (C=O) groups excluding carboxylic acids is 4. The first-order valence-corrected chi connectivity index (χ1v) is 13.9. The molecule has 4 bridgehead atoms. The summed E-state index contributed by atoms with van der Waals surface area (Å²) in [5.41, 5.74) is 0.828. The van der Waals surface area contributed by atoms with Crippen LogP contribution in [0.1, 0.15) is 70.8 Å². The molecule has 0 unspecified atom stereocenters. The van der Waals surface area contributed by atoms with Crippen LogP contribution in [0.15, 0.2) is 24.3 Å². The van der Waals surface area contributed by atoms with Gasteiger partial charge in [0.25, 0.3) is 0 Å². The topological polar surface area (TPSA) is 105 Å². The second-order valence-corrected chi connectivity index (χ2v) is 11.7. The smallest absolute Gasteiger partial charge is 0.308 e. The maximum Gasteiger partial charge on any atom is 0.308 e. The van der Waals surface area contributed by atoms with Gasteiger partial charge >= 0.3 is 5.97 Å². The van der Waals surface area contributed by atoms with Crippen molar-refractivity contribution in [2.24, 2.45) is 23.7 Å². The number of carbonyl (C=O) groups is 4. The fraction of sp³-hybridized carbons (Fsp3) is 0.655. The maximum atomic E-state index is 13.8. The summed E-state index contributed by atoms with van der Waals surface area (Å²) in [6, 6.07) is 5.89. The summed E-state index contributed by atoms with van der Waals surface area (Å²) in [5, 5.41) is 6.21. The molecule has 8 heteroatoms. The van der Waals surface area contributed by atoms with Crippen molar-refractivity contribution in [3.05, 3.63) is 29.8 Å². The summed E-state index contributed by atoms with van der Waals surface area (Å²) in [6.07, 6.45) is 8.98. The summed E-state index contributed by atoms with van der Waals surface area (Å²) in [7, 11) is 0. The quantitative estimate of drug-likeness (QED) is 0.434. The summed E-state index contributed by atoms with van der Waals surface area (Å²) < 4.78 is 5.09. The minimum Gasteiger partial charge on any atom is -0.427 e. The largest absolute Gasteiger partial charge is 0.427 e. The predicted molar refractivity (Wildman–Crippen MR) is 137 cm³/mol. The molecule has 1 heterocycles. The molecule has 37 heavy (non-hydrogen) atoms. The first-order chi connectivity index (χ1) is 17.8. The lowest BCUT2D eigenvalue weighted by molar-refractivity contribution is -0.146. The van der Waals surface area contributed by atoms with E-state index in [-0.39, 0.29) is 23.8 Å². The molecule has 3 amide bonds. The number of ether oxygens (including phenoxy) is 1. The molecule has 200 valence electrons.